The highest BCUT2D eigenvalue weighted by atomic mass is 16.5. The number of hydrogen-bond donors (Lipinski definition) is 0. The van der Waals surface area contributed by atoms with Crippen LogP contribution in [0.4, 0.5) is 0 Å². The van der Waals surface area contributed by atoms with Crippen LogP contribution >= 0.6 is 0 Å². The fourth-order valence-electron chi connectivity index (χ4n) is 2.71. The van der Waals surface area contributed by atoms with Crippen molar-refractivity contribution in [3.8, 4) is 0 Å². The number of rotatable bonds is 6. The Morgan fingerprint density at radius 3 is 2.62 bits per heavy atom. The van der Waals surface area contributed by atoms with Crippen LogP contribution in [0, 0.1) is 5.92 Å². The molecule has 21 heavy (non-hydrogen) atoms. The molecule has 1 aromatic heterocycles. The Kier molecular flexibility index (Phi) is 5.82. The molecule has 0 aliphatic carbocycles. The van der Waals surface area contributed by atoms with E-state index in [9.17, 15) is 4.79 Å². The van der Waals surface area contributed by atoms with Crippen molar-refractivity contribution in [3.05, 3.63) is 23.7 Å². The first-order valence-electron chi connectivity index (χ1n) is 7.69. The Morgan fingerprint density at radius 2 is 2.00 bits per heavy atom. The lowest BCUT2D eigenvalue weighted by atomic mass is 9.97. The highest BCUT2D eigenvalue weighted by Gasteiger charge is 2.26. The molecule has 5 heteroatoms. The van der Waals surface area contributed by atoms with E-state index in [2.05, 4.69) is 15.9 Å². The third-order valence-electron chi connectivity index (χ3n) is 3.78. The molecule has 5 nitrogen and oxygen atoms in total. The summed E-state index contributed by atoms with van der Waals surface area (Å²) in [5.41, 5.74) is 0. The van der Waals surface area contributed by atoms with Crippen molar-refractivity contribution in [1.29, 1.82) is 0 Å². The molecule has 1 aliphatic rings. The molecule has 0 aromatic carbocycles. The average molecular weight is 294 g/mol. The zero-order chi connectivity index (χ0) is 15.2. The summed E-state index contributed by atoms with van der Waals surface area (Å²) in [6, 6.07) is 4.09. The van der Waals surface area contributed by atoms with E-state index in [4.69, 9.17) is 9.15 Å². The van der Waals surface area contributed by atoms with Crippen LogP contribution in [0.1, 0.15) is 31.3 Å². The number of carbonyl (C=O) groups is 1. The van der Waals surface area contributed by atoms with Crippen LogP contribution in [0.2, 0.25) is 0 Å². The largest absolute Gasteiger partial charge is 0.466 e. The molecular weight excluding hydrogens is 268 g/mol. The van der Waals surface area contributed by atoms with Gasteiger partial charge in [0, 0.05) is 0 Å². The van der Waals surface area contributed by atoms with E-state index in [-0.39, 0.29) is 11.9 Å². The Hall–Kier alpha value is -1.33. The third-order valence-corrected chi connectivity index (χ3v) is 3.78. The normalized spacial score (nSPS) is 17.3. The van der Waals surface area contributed by atoms with Gasteiger partial charge in [-0.25, -0.2) is 0 Å². The highest BCUT2D eigenvalue weighted by molar-refractivity contribution is 5.72. The monoisotopic (exact) mass is 294 g/mol. The van der Waals surface area contributed by atoms with Crippen LogP contribution in [-0.2, 0) is 22.6 Å². The quantitative estimate of drug-likeness (QED) is 0.752. The fourth-order valence-corrected chi connectivity index (χ4v) is 2.71. The Labute approximate surface area is 126 Å². The van der Waals surface area contributed by atoms with E-state index in [0.29, 0.717) is 6.61 Å². The van der Waals surface area contributed by atoms with Gasteiger partial charge < -0.3 is 14.1 Å². The van der Waals surface area contributed by atoms with Crippen LogP contribution in [0.25, 0.3) is 0 Å². The SMILES string of the molecule is CCOC(=O)C1CCN(Cc2ccc(CN(C)C)o2)CC1. The molecule has 1 saturated heterocycles. The molecule has 2 rings (SSSR count). The summed E-state index contributed by atoms with van der Waals surface area (Å²) in [4.78, 5) is 16.1. The topological polar surface area (TPSA) is 45.9 Å². The first-order chi connectivity index (χ1) is 10.1. The summed E-state index contributed by atoms with van der Waals surface area (Å²) in [7, 11) is 4.06. The predicted molar refractivity (Wildman–Crippen MR) is 80.7 cm³/mol. The number of likely N-dealkylation sites (tertiary alicyclic amines) is 1. The van der Waals surface area contributed by atoms with Gasteiger partial charge in [0.15, 0.2) is 0 Å². The van der Waals surface area contributed by atoms with Gasteiger partial charge in [-0.1, -0.05) is 0 Å². The van der Waals surface area contributed by atoms with Crippen molar-refractivity contribution in [1.82, 2.24) is 9.80 Å². The van der Waals surface area contributed by atoms with Gasteiger partial charge >= 0.3 is 5.97 Å². The zero-order valence-corrected chi connectivity index (χ0v) is 13.3. The molecule has 0 amide bonds. The molecule has 0 atom stereocenters. The minimum atomic E-state index is -0.0385. The van der Waals surface area contributed by atoms with E-state index in [0.717, 1.165) is 50.5 Å². The number of ether oxygens (including phenoxy) is 1. The molecule has 0 bridgehead atoms. The van der Waals surface area contributed by atoms with Gasteiger partial charge in [0.2, 0.25) is 0 Å². The molecule has 0 spiro atoms. The van der Waals surface area contributed by atoms with Gasteiger partial charge in [0.1, 0.15) is 11.5 Å². The summed E-state index contributed by atoms with van der Waals surface area (Å²) in [6.07, 6.45) is 1.76. The fraction of sp³-hybridized carbons (Fsp3) is 0.688. The predicted octanol–water partition coefficient (Wildman–Crippen LogP) is 2.12. The van der Waals surface area contributed by atoms with Gasteiger partial charge in [-0.15, -0.1) is 0 Å². The zero-order valence-electron chi connectivity index (χ0n) is 13.3. The van der Waals surface area contributed by atoms with Crippen molar-refractivity contribution in [2.75, 3.05) is 33.8 Å². The number of hydrogen-bond acceptors (Lipinski definition) is 5. The maximum absolute atomic E-state index is 11.7. The molecule has 0 saturated carbocycles. The maximum atomic E-state index is 11.7. The molecule has 0 unspecified atom stereocenters. The first-order valence-corrected chi connectivity index (χ1v) is 7.69. The van der Waals surface area contributed by atoms with E-state index >= 15 is 0 Å². The van der Waals surface area contributed by atoms with Crippen LogP contribution in [0.3, 0.4) is 0 Å². The number of carbonyl (C=O) groups excluding carboxylic acids is 1. The second-order valence-electron chi connectivity index (χ2n) is 5.91. The number of esters is 1. The van der Waals surface area contributed by atoms with E-state index < -0.39 is 0 Å². The second-order valence-corrected chi connectivity index (χ2v) is 5.91. The smallest absolute Gasteiger partial charge is 0.309 e. The summed E-state index contributed by atoms with van der Waals surface area (Å²) in [5, 5.41) is 0. The minimum absolute atomic E-state index is 0.0385. The minimum Gasteiger partial charge on any atom is -0.466 e. The van der Waals surface area contributed by atoms with Gasteiger partial charge in [0.05, 0.1) is 25.6 Å². The first kappa shape index (κ1) is 16.0. The summed E-state index contributed by atoms with van der Waals surface area (Å²) in [5.74, 6) is 2.03. The Bertz CT molecular complexity index is 448. The lowest BCUT2D eigenvalue weighted by Gasteiger charge is -2.30. The van der Waals surface area contributed by atoms with Crippen molar-refractivity contribution >= 4 is 5.97 Å². The molecular formula is C16H26N2O3. The molecule has 1 aromatic rings. The number of furan rings is 1. The average Bonchev–Trinajstić information content (AvgIpc) is 2.86. The van der Waals surface area contributed by atoms with Gasteiger partial charge in [-0.2, -0.15) is 0 Å². The molecule has 1 fully saturated rings. The molecule has 1 aliphatic heterocycles. The van der Waals surface area contributed by atoms with E-state index in [1.807, 2.05) is 27.1 Å². The second kappa shape index (κ2) is 7.61. The number of nitrogens with zero attached hydrogens (tertiary/aromatic N) is 2. The summed E-state index contributed by atoms with van der Waals surface area (Å²) >= 11 is 0. The van der Waals surface area contributed by atoms with E-state index in [1.54, 1.807) is 0 Å². The lowest BCUT2D eigenvalue weighted by Crippen LogP contribution is -2.36. The lowest BCUT2D eigenvalue weighted by molar-refractivity contribution is -0.149. The maximum Gasteiger partial charge on any atom is 0.309 e. The van der Waals surface area contributed by atoms with Crippen molar-refractivity contribution in [2.24, 2.45) is 5.92 Å². The summed E-state index contributed by atoms with van der Waals surface area (Å²) < 4.78 is 10.9. The number of piperidine rings is 1. The third kappa shape index (κ3) is 4.86. The standard InChI is InChI=1S/C16H26N2O3/c1-4-20-16(19)13-7-9-18(10-8-13)12-15-6-5-14(21-15)11-17(2)3/h5-6,13H,4,7-12H2,1-3H3. The molecule has 2 heterocycles. The van der Waals surface area contributed by atoms with Crippen molar-refractivity contribution in [2.45, 2.75) is 32.9 Å². The molecule has 118 valence electrons. The van der Waals surface area contributed by atoms with Crippen molar-refractivity contribution < 1.29 is 13.9 Å². The summed E-state index contributed by atoms with van der Waals surface area (Å²) in [6.45, 7) is 5.82. The van der Waals surface area contributed by atoms with Gasteiger partial charge in [-0.3, -0.25) is 9.69 Å². The van der Waals surface area contributed by atoms with Crippen LogP contribution in [0.5, 0.6) is 0 Å². The Balaban J connectivity index is 1.78. The molecule has 0 radical (unpaired) electrons. The highest BCUT2D eigenvalue weighted by Crippen LogP contribution is 2.21. The van der Waals surface area contributed by atoms with E-state index in [1.165, 1.54) is 0 Å². The van der Waals surface area contributed by atoms with Gasteiger partial charge in [-0.05, 0) is 59.1 Å². The van der Waals surface area contributed by atoms with Crippen LogP contribution in [0.15, 0.2) is 16.5 Å². The van der Waals surface area contributed by atoms with Crippen LogP contribution in [-0.4, -0.2) is 49.6 Å². The van der Waals surface area contributed by atoms with Crippen molar-refractivity contribution in [3.63, 3.8) is 0 Å². The molecule has 0 N–H and O–H groups in total. The van der Waals surface area contributed by atoms with Crippen LogP contribution < -0.4 is 0 Å². The van der Waals surface area contributed by atoms with Gasteiger partial charge in [0.25, 0.3) is 0 Å². The Morgan fingerprint density at radius 1 is 1.33 bits per heavy atom.